The summed E-state index contributed by atoms with van der Waals surface area (Å²) in [5.74, 6) is 0.284. The summed E-state index contributed by atoms with van der Waals surface area (Å²) in [6, 6.07) is 21.0. The minimum atomic E-state index is -0.223. The van der Waals surface area contributed by atoms with E-state index in [-0.39, 0.29) is 17.8 Å². The van der Waals surface area contributed by atoms with Gasteiger partial charge in [0.25, 0.3) is 0 Å². The topological polar surface area (TPSA) is 51.5 Å². The van der Waals surface area contributed by atoms with Crippen LogP contribution in [0.2, 0.25) is 0 Å². The van der Waals surface area contributed by atoms with Crippen LogP contribution in [0.15, 0.2) is 77.7 Å². The van der Waals surface area contributed by atoms with Crippen LogP contribution < -0.4 is 10.2 Å². The number of rotatable bonds is 6. The van der Waals surface area contributed by atoms with Gasteiger partial charge in [0, 0.05) is 18.3 Å². The molecule has 0 saturated carbocycles. The number of aliphatic hydroxyl groups is 1. The standard InChI is InChI=1S/C20H19NO3/c22-14-18-11-19(23)20(24-15-17-9-5-2-6-10-17)13-21(18)12-16-7-3-1-4-8-16/h1-11,13,22H,12,14-15H2. The molecule has 4 heteroatoms. The van der Waals surface area contributed by atoms with Crippen molar-refractivity contribution in [2.24, 2.45) is 0 Å². The normalized spacial score (nSPS) is 10.5. The van der Waals surface area contributed by atoms with E-state index in [1.165, 1.54) is 6.07 Å². The Bertz CT molecular complexity index is 842. The molecule has 3 aromatic rings. The fourth-order valence-electron chi connectivity index (χ4n) is 2.50. The summed E-state index contributed by atoms with van der Waals surface area (Å²) in [5.41, 5.74) is 2.43. The molecule has 0 unspecified atom stereocenters. The molecule has 4 nitrogen and oxygen atoms in total. The molecule has 0 aliphatic heterocycles. The highest BCUT2D eigenvalue weighted by Crippen LogP contribution is 2.12. The molecule has 3 rings (SSSR count). The quantitative estimate of drug-likeness (QED) is 0.759. The van der Waals surface area contributed by atoms with Gasteiger partial charge in [-0.2, -0.15) is 0 Å². The molecule has 24 heavy (non-hydrogen) atoms. The van der Waals surface area contributed by atoms with Gasteiger partial charge in [0.2, 0.25) is 5.43 Å². The summed E-state index contributed by atoms with van der Waals surface area (Å²) < 4.78 is 7.53. The second-order valence-electron chi connectivity index (χ2n) is 5.54. The maximum Gasteiger partial charge on any atom is 0.223 e. The first-order chi connectivity index (χ1) is 11.8. The molecule has 0 amide bonds. The lowest BCUT2D eigenvalue weighted by atomic mass is 10.2. The van der Waals surface area contributed by atoms with Crippen LogP contribution in [-0.2, 0) is 19.8 Å². The van der Waals surface area contributed by atoms with E-state index in [4.69, 9.17) is 4.74 Å². The maximum atomic E-state index is 12.2. The summed E-state index contributed by atoms with van der Waals surface area (Å²) in [6.45, 7) is 0.708. The highest BCUT2D eigenvalue weighted by atomic mass is 16.5. The third-order valence-electron chi connectivity index (χ3n) is 3.78. The molecule has 0 aliphatic rings. The van der Waals surface area contributed by atoms with E-state index < -0.39 is 0 Å². The lowest BCUT2D eigenvalue weighted by Crippen LogP contribution is -2.16. The van der Waals surface area contributed by atoms with Gasteiger partial charge in [0.1, 0.15) is 6.61 Å². The average Bonchev–Trinajstić information content (AvgIpc) is 2.63. The first kappa shape index (κ1) is 16.0. The molecule has 1 aromatic heterocycles. The fourth-order valence-corrected chi connectivity index (χ4v) is 2.50. The number of pyridine rings is 1. The Balaban J connectivity index is 1.84. The maximum absolute atomic E-state index is 12.2. The SMILES string of the molecule is O=c1cc(CO)n(Cc2ccccc2)cc1OCc1ccccc1. The second kappa shape index (κ2) is 7.62. The molecule has 0 atom stereocenters. The summed E-state index contributed by atoms with van der Waals surface area (Å²) >= 11 is 0. The Kier molecular flexibility index (Phi) is 5.08. The fraction of sp³-hybridized carbons (Fsp3) is 0.150. The zero-order valence-electron chi connectivity index (χ0n) is 13.3. The zero-order chi connectivity index (χ0) is 16.8. The minimum absolute atomic E-state index is 0.193. The van der Waals surface area contributed by atoms with Gasteiger partial charge in [-0.1, -0.05) is 60.7 Å². The Hall–Kier alpha value is -2.85. The van der Waals surface area contributed by atoms with E-state index >= 15 is 0 Å². The van der Waals surface area contributed by atoms with Gasteiger partial charge in [-0.05, 0) is 11.1 Å². The molecular weight excluding hydrogens is 302 g/mol. The smallest absolute Gasteiger partial charge is 0.223 e. The number of aromatic nitrogens is 1. The van der Waals surface area contributed by atoms with E-state index in [0.29, 0.717) is 18.8 Å². The van der Waals surface area contributed by atoms with Crippen molar-refractivity contribution in [3.8, 4) is 5.75 Å². The van der Waals surface area contributed by atoms with Crippen molar-refractivity contribution < 1.29 is 9.84 Å². The summed E-state index contributed by atoms with van der Waals surface area (Å²) in [5, 5.41) is 9.52. The van der Waals surface area contributed by atoms with Crippen LogP contribution >= 0.6 is 0 Å². The Morgan fingerprint density at radius 3 is 2.17 bits per heavy atom. The van der Waals surface area contributed by atoms with E-state index in [1.54, 1.807) is 6.20 Å². The van der Waals surface area contributed by atoms with E-state index in [1.807, 2.05) is 65.2 Å². The highest BCUT2D eigenvalue weighted by molar-refractivity contribution is 5.25. The van der Waals surface area contributed by atoms with Crippen LogP contribution in [0.3, 0.4) is 0 Å². The van der Waals surface area contributed by atoms with Gasteiger partial charge >= 0.3 is 0 Å². The first-order valence-electron chi connectivity index (χ1n) is 7.81. The van der Waals surface area contributed by atoms with E-state index in [9.17, 15) is 9.90 Å². The Morgan fingerprint density at radius 2 is 1.54 bits per heavy atom. The molecule has 0 fully saturated rings. The van der Waals surface area contributed by atoms with Crippen molar-refractivity contribution in [2.45, 2.75) is 19.8 Å². The number of benzene rings is 2. The van der Waals surface area contributed by atoms with Crippen molar-refractivity contribution in [1.29, 1.82) is 0 Å². The molecule has 2 aromatic carbocycles. The molecule has 0 spiro atoms. The monoisotopic (exact) mass is 321 g/mol. The molecule has 0 aliphatic carbocycles. The van der Waals surface area contributed by atoms with Crippen LogP contribution in [0.1, 0.15) is 16.8 Å². The predicted molar refractivity (Wildman–Crippen MR) is 92.9 cm³/mol. The van der Waals surface area contributed by atoms with Crippen molar-refractivity contribution in [1.82, 2.24) is 4.57 Å². The number of hydrogen-bond donors (Lipinski definition) is 1. The lowest BCUT2D eigenvalue weighted by Gasteiger charge is -2.14. The minimum Gasteiger partial charge on any atom is -0.483 e. The molecular formula is C20H19NO3. The summed E-state index contributed by atoms with van der Waals surface area (Å²) in [6.07, 6.45) is 1.67. The molecule has 122 valence electrons. The largest absolute Gasteiger partial charge is 0.483 e. The van der Waals surface area contributed by atoms with Crippen molar-refractivity contribution >= 4 is 0 Å². The van der Waals surface area contributed by atoms with Crippen molar-refractivity contribution in [3.63, 3.8) is 0 Å². The van der Waals surface area contributed by atoms with Crippen LogP contribution in [0.4, 0.5) is 0 Å². The Morgan fingerprint density at radius 1 is 0.917 bits per heavy atom. The third kappa shape index (κ3) is 3.91. The third-order valence-corrected chi connectivity index (χ3v) is 3.78. The summed E-state index contributed by atoms with van der Waals surface area (Å²) in [7, 11) is 0. The van der Waals surface area contributed by atoms with Gasteiger partial charge in [-0.3, -0.25) is 4.79 Å². The second-order valence-corrected chi connectivity index (χ2v) is 5.54. The number of aliphatic hydroxyl groups excluding tert-OH is 1. The van der Waals surface area contributed by atoms with E-state index in [2.05, 4.69) is 0 Å². The van der Waals surface area contributed by atoms with Crippen LogP contribution in [0.5, 0.6) is 5.75 Å². The van der Waals surface area contributed by atoms with Gasteiger partial charge in [0.15, 0.2) is 5.75 Å². The predicted octanol–water partition coefficient (Wildman–Crippen LogP) is 2.97. The van der Waals surface area contributed by atoms with Crippen LogP contribution in [0, 0.1) is 0 Å². The van der Waals surface area contributed by atoms with Crippen molar-refractivity contribution in [3.05, 3.63) is 100.0 Å². The average molecular weight is 321 g/mol. The highest BCUT2D eigenvalue weighted by Gasteiger charge is 2.08. The number of nitrogens with zero attached hydrogens (tertiary/aromatic N) is 1. The molecule has 0 saturated heterocycles. The first-order valence-corrected chi connectivity index (χ1v) is 7.81. The lowest BCUT2D eigenvalue weighted by molar-refractivity contribution is 0.266. The molecule has 1 N–H and O–H groups in total. The zero-order valence-corrected chi connectivity index (χ0v) is 13.3. The van der Waals surface area contributed by atoms with Gasteiger partial charge in [-0.15, -0.1) is 0 Å². The molecule has 1 heterocycles. The van der Waals surface area contributed by atoms with Gasteiger partial charge in [0.05, 0.1) is 12.8 Å². The van der Waals surface area contributed by atoms with Gasteiger partial charge in [-0.25, -0.2) is 0 Å². The molecule has 0 bridgehead atoms. The number of hydrogen-bond acceptors (Lipinski definition) is 3. The van der Waals surface area contributed by atoms with E-state index in [0.717, 1.165) is 11.1 Å². The van der Waals surface area contributed by atoms with Gasteiger partial charge < -0.3 is 14.4 Å². The van der Waals surface area contributed by atoms with Crippen molar-refractivity contribution in [2.75, 3.05) is 0 Å². The molecule has 0 radical (unpaired) electrons. The van der Waals surface area contributed by atoms with Crippen LogP contribution in [0.25, 0.3) is 0 Å². The number of ether oxygens (including phenoxy) is 1. The van der Waals surface area contributed by atoms with Crippen LogP contribution in [-0.4, -0.2) is 9.67 Å². The summed E-state index contributed by atoms with van der Waals surface area (Å²) in [4.78, 5) is 12.2. The Labute approximate surface area is 140 Å².